The fourth-order valence-electron chi connectivity index (χ4n) is 3.64. The number of halogens is 2. The molecule has 2 aromatic carbocycles. The molecule has 4 rings (SSSR count). The third kappa shape index (κ3) is 3.37. The van der Waals surface area contributed by atoms with E-state index in [1.54, 1.807) is 23.1 Å². The van der Waals surface area contributed by atoms with Crippen LogP contribution in [0.15, 0.2) is 53.1 Å². The first-order valence-corrected chi connectivity index (χ1v) is 10.6. The van der Waals surface area contributed by atoms with E-state index >= 15 is 0 Å². The van der Waals surface area contributed by atoms with Crippen molar-refractivity contribution in [3.8, 4) is 6.07 Å². The summed E-state index contributed by atoms with van der Waals surface area (Å²) >= 11 is 14.2. The number of thioether (sulfide) groups is 1. The Morgan fingerprint density at radius 2 is 1.89 bits per heavy atom. The second-order valence-corrected chi connectivity index (χ2v) is 8.59. The molecule has 4 nitrogen and oxygen atoms in total. The molecule has 1 atom stereocenters. The minimum absolute atomic E-state index is 0.0279. The molecule has 0 saturated carbocycles. The highest BCUT2D eigenvalue weighted by molar-refractivity contribution is 8.03. The van der Waals surface area contributed by atoms with Crippen LogP contribution < -0.4 is 4.90 Å². The third-order valence-corrected chi connectivity index (χ3v) is 6.82. The van der Waals surface area contributed by atoms with Crippen LogP contribution in [0.25, 0.3) is 0 Å². The molecule has 7 heteroatoms. The number of nitriles is 1. The standard InChI is InChI=1S/C21H17Cl2N3OS/c1-13-4-2-5-14(8-13)25-11-26-19(27)9-15(16(10-24)21(26)28-12-25)20-17(22)6-3-7-18(20)23/h2-8,15H,9,11-12H2,1H3/t15-/m0/s1. The van der Waals surface area contributed by atoms with Crippen LogP contribution in [0.1, 0.15) is 23.5 Å². The summed E-state index contributed by atoms with van der Waals surface area (Å²) in [6.45, 7) is 2.47. The molecule has 0 aliphatic carbocycles. The summed E-state index contributed by atoms with van der Waals surface area (Å²) in [7, 11) is 0. The zero-order chi connectivity index (χ0) is 19.8. The van der Waals surface area contributed by atoms with Crippen molar-refractivity contribution in [1.29, 1.82) is 5.26 Å². The van der Waals surface area contributed by atoms with E-state index in [-0.39, 0.29) is 12.3 Å². The summed E-state index contributed by atoms with van der Waals surface area (Å²) in [5.41, 5.74) is 3.45. The number of fused-ring (bicyclic) bond motifs is 1. The molecule has 0 aromatic heterocycles. The van der Waals surface area contributed by atoms with Gasteiger partial charge < -0.3 is 4.90 Å². The number of anilines is 1. The van der Waals surface area contributed by atoms with Gasteiger partial charge in [0.1, 0.15) is 0 Å². The van der Waals surface area contributed by atoms with Gasteiger partial charge in [0.05, 0.1) is 29.2 Å². The minimum atomic E-state index is -0.414. The van der Waals surface area contributed by atoms with Crippen molar-refractivity contribution in [2.24, 2.45) is 0 Å². The topological polar surface area (TPSA) is 47.3 Å². The Hall–Kier alpha value is -2.13. The van der Waals surface area contributed by atoms with Crippen LogP contribution in [0.3, 0.4) is 0 Å². The Kier molecular flexibility index (Phi) is 5.29. The average Bonchev–Trinajstić information content (AvgIpc) is 2.68. The average molecular weight is 430 g/mol. The molecule has 1 saturated heterocycles. The van der Waals surface area contributed by atoms with Crippen LogP contribution >= 0.6 is 35.0 Å². The van der Waals surface area contributed by atoms with Gasteiger partial charge >= 0.3 is 0 Å². The molecule has 2 aliphatic heterocycles. The van der Waals surface area contributed by atoms with Crippen molar-refractivity contribution in [3.05, 3.63) is 74.2 Å². The molecule has 0 unspecified atom stereocenters. The molecule has 142 valence electrons. The lowest BCUT2D eigenvalue weighted by Gasteiger charge is -2.42. The van der Waals surface area contributed by atoms with E-state index in [0.29, 0.717) is 38.8 Å². The van der Waals surface area contributed by atoms with Crippen molar-refractivity contribution in [2.45, 2.75) is 19.3 Å². The van der Waals surface area contributed by atoms with Gasteiger partial charge in [-0.1, -0.05) is 53.2 Å². The number of rotatable bonds is 2. The summed E-state index contributed by atoms with van der Waals surface area (Å²) < 4.78 is 0. The molecule has 0 spiro atoms. The number of benzene rings is 2. The summed E-state index contributed by atoms with van der Waals surface area (Å²) in [5, 5.41) is 11.6. The highest BCUT2D eigenvalue weighted by Gasteiger charge is 2.39. The van der Waals surface area contributed by atoms with Crippen molar-refractivity contribution >= 4 is 46.6 Å². The second kappa shape index (κ2) is 7.71. The molecular weight excluding hydrogens is 413 g/mol. The SMILES string of the molecule is Cc1cccc(N2CSC3=C(C#N)[C@@H](c4c(Cl)cccc4Cl)CC(=O)N3C2)c1. The van der Waals surface area contributed by atoms with Gasteiger partial charge in [-0.05, 0) is 42.3 Å². The van der Waals surface area contributed by atoms with Crippen molar-refractivity contribution in [1.82, 2.24) is 4.90 Å². The van der Waals surface area contributed by atoms with Gasteiger partial charge in [-0.15, -0.1) is 0 Å². The predicted octanol–water partition coefficient (Wildman–Crippen LogP) is 5.52. The van der Waals surface area contributed by atoms with E-state index in [1.807, 2.05) is 25.1 Å². The van der Waals surface area contributed by atoms with Gasteiger partial charge in [-0.2, -0.15) is 5.26 Å². The van der Waals surface area contributed by atoms with E-state index < -0.39 is 5.92 Å². The first kappa shape index (κ1) is 19.2. The molecule has 1 fully saturated rings. The second-order valence-electron chi connectivity index (χ2n) is 6.84. The maximum Gasteiger partial charge on any atom is 0.229 e. The fraction of sp³-hybridized carbons (Fsp3) is 0.238. The van der Waals surface area contributed by atoms with E-state index in [2.05, 4.69) is 17.0 Å². The third-order valence-electron chi connectivity index (χ3n) is 5.01. The maximum atomic E-state index is 13.0. The molecule has 28 heavy (non-hydrogen) atoms. The van der Waals surface area contributed by atoms with E-state index in [4.69, 9.17) is 23.2 Å². The molecule has 0 radical (unpaired) electrons. The monoisotopic (exact) mass is 429 g/mol. The fourth-order valence-corrected chi connectivity index (χ4v) is 5.47. The first-order chi connectivity index (χ1) is 13.5. The molecule has 2 aliphatic rings. The lowest BCUT2D eigenvalue weighted by molar-refractivity contribution is -0.129. The van der Waals surface area contributed by atoms with Crippen molar-refractivity contribution < 1.29 is 4.79 Å². The molecule has 1 amide bonds. The molecule has 0 bridgehead atoms. The lowest BCUT2D eigenvalue weighted by atomic mass is 9.86. The van der Waals surface area contributed by atoms with Gasteiger partial charge in [0.15, 0.2) is 0 Å². The van der Waals surface area contributed by atoms with Crippen LogP contribution in [-0.2, 0) is 4.79 Å². The van der Waals surface area contributed by atoms with E-state index in [1.165, 1.54) is 17.3 Å². The zero-order valence-electron chi connectivity index (χ0n) is 15.2. The van der Waals surface area contributed by atoms with E-state index in [9.17, 15) is 10.1 Å². The number of hydrogen-bond acceptors (Lipinski definition) is 4. The molecule has 2 aromatic rings. The summed E-state index contributed by atoms with van der Waals surface area (Å²) in [6.07, 6.45) is 0.179. The quantitative estimate of drug-likeness (QED) is 0.630. The Balaban J connectivity index is 1.71. The highest BCUT2D eigenvalue weighted by atomic mass is 35.5. The van der Waals surface area contributed by atoms with Crippen LogP contribution in [0.2, 0.25) is 10.0 Å². The van der Waals surface area contributed by atoms with Crippen molar-refractivity contribution in [3.63, 3.8) is 0 Å². The van der Waals surface area contributed by atoms with Gasteiger partial charge in [0.25, 0.3) is 0 Å². The normalized spacial score (nSPS) is 19.5. The highest BCUT2D eigenvalue weighted by Crippen LogP contribution is 2.46. The summed E-state index contributed by atoms with van der Waals surface area (Å²) in [4.78, 5) is 16.8. The number of amides is 1. The number of hydrogen-bond donors (Lipinski definition) is 0. The van der Waals surface area contributed by atoms with Crippen LogP contribution in [0, 0.1) is 18.3 Å². The summed E-state index contributed by atoms with van der Waals surface area (Å²) in [6, 6.07) is 15.8. The molecular formula is C21H17Cl2N3OS. The van der Waals surface area contributed by atoms with Crippen molar-refractivity contribution in [2.75, 3.05) is 17.4 Å². The number of carbonyl (C=O) groups is 1. The Labute approximate surface area is 178 Å². The Bertz CT molecular complexity index is 1010. The Morgan fingerprint density at radius 1 is 1.18 bits per heavy atom. The predicted molar refractivity (Wildman–Crippen MR) is 114 cm³/mol. The maximum absolute atomic E-state index is 13.0. The minimum Gasteiger partial charge on any atom is -0.344 e. The zero-order valence-corrected chi connectivity index (χ0v) is 17.5. The first-order valence-electron chi connectivity index (χ1n) is 8.82. The van der Waals surface area contributed by atoms with Crippen LogP contribution in [0.4, 0.5) is 5.69 Å². The smallest absolute Gasteiger partial charge is 0.229 e. The van der Waals surface area contributed by atoms with Gasteiger partial charge in [0.2, 0.25) is 5.91 Å². The van der Waals surface area contributed by atoms with E-state index in [0.717, 1.165) is 5.69 Å². The number of aryl methyl sites for hydroxylation is 1. The van der Waals surface area contributed by atoms with Crippen LogP contribution in [0.5, 0.6) is 0 Å². The van der Waals surface area contributed by atoms with Crippen LogP contribution in [-0.4, -0.2) is 23.4 Å². The lowest BCUT2D eigenvalue weighted by Crippen LogP contribution is -2.47. The van der Waals surface area contributed by atoms with Gasteiger partial charge in [-0.25, -0.2) is 0 Å². The molecule has 2 heterocycles. The molecule has 0 N–H and O–H groups in total. The van der Waals surface area contributed by atoms with Gasteiger partial charge in [0, 0.05) is 28.1 Å². The van der Waals surface area contributed by atoms with Gasteiger partial charge in [-0.3, -0.25) is 9.69 Å². The summed E-state index contributed by atoms with van der Waals surface area (Å²) in [5.74, 6) is 0.222. The number of allylic oxidation sites excluding steroid dienone is 1. The Morgan fingerprint density at radius 3 is 2.57 bits per heavy atom. The number of nitrogens with zero attached hydrogens (tertiary/aromatic N) is 3. The largest absolute Gasteiger partial charge is 0.344 e. The number of carbonyl (C=O) groups excluding carboxylic acids is 1.